The van der Waals surface area contributed by atoms with Crippen molar-refractivity contribution in [1.82, 2.24) is 16.0 Å². The van der Waals surface area contributed by atoms with Crippen LogP contribution < -0.4 is 16.0 Å². The lowest BCUT2D eigenvalue weighted by Crippen LogP contribution is -2.31. The van der Waals surface area contributed by atoms with Crippen LogP contribution in [0.4, 0.5) is 0 Å². The monoisotopic (exact) mass is 315 g/mol. The van der Waals surface area contributed by atoms with E-state index in [2.05, 4.69) is 22.9 Å². The predicted octanol–water partition coefficient (Wildman–Crippen LogP) is 0.342. The van der Waals surface area contributed by atoms with Gasteiger partial charge in [0.2, 0.25) is 17.7 Å². The number of amides is 3. The SMILES string of the molecule is CCCCNC(=O)CCC(=O)NCCOCCNC(=O)CC. The zero-order chi connectivity index (χ0) is 16.6. The fourth-order valence-electron chi connectivity index (χ4n) is 1.56. The Morgan fingerprint density at radius 2 is 1.27 bits per heavy atom. The van der Waals surface area contributed by atoms with E-state index >= 15 is 0 Å². The van der Waals surface area contributed by atoms with Crippen LogP contribution in [0.3, 0.4) is 0 Å². The fraction of sp³-hybridized carbons (Fsp3) is 0.800. The maximum Gasteiger partial charge on any atom is 0.220 e. The minimum absolute atomic E-state index is 0.00545. The van der Waals surface area contributed by atoms with Gasteiger partial charge in [-0.1, -0.05) is 20.3 Å². The smallest absolute Gasteiger partial charge is 0.220 e. The Balaban J connectivity index is 3.39. The number of carbonyl (C=O) groups is 3. The summed E-state index contributed by atoms with van der Waals surface area (Å²) in [7, 11) is 0. The molecule has 0 atom stereocenters. The van der Waals surface area contributed by atoms with Gasteiger partial charge in [0, 0.05) is 38.9 Å². The van der Waals surface area contributed by atoms with E-state index in [0.29, 0.717) is 39.3 Å². The summed E-state index contributed by atoms with van der Waals surface area (Å²) in [5.74, 6) is -0.255. The van der Waals surface area contributed by atoms with E-state index in [1.165, 1.54) is 0 Å². The second kappa shape index (κ2) is 14.3. The maximum atomic E-state index is 11.5. The highest BCUT2D eigenvalue weighted by molar-refractivity contribution is 5.83. The van der Waals surface area contributed by atoms with Crippen molar-refractivity contribution in [3.8, 4) is 0 Å². The highest BCUT2D eigenvalue weighted by Gasteiger charge is 2.05. The van der Waals surface area contributed by atoms with E-state index < -0.39 is 0 Å². The second-order valence-corrected chi connectivity index (χ2v) is 4.87. The molecule has 0 rings (SSSR count). The molecule has 128 valence electrons. The topological polar surface area (TPSA) is 96.5 Å². The van der Waals surface area contributed by atoms with E-state index in [9.17, 15) is 14.4 Å². The van der Waals surface area contributed by atoms with Gasteiger partial charge in [0.15, 0.2) is 0 Å². The largest absolute Gasteiger partial charge is 0.378 e. The Kier molecular flexibility index (Phi) is 13.3. The quantitative estimate of drug-likeness (QED) is 0.427. The standard InChI is InChI=1S/C15H29N3O4/c1-3-5-8-16-14(20)6-7-15(21)18-10-12-22-11-9-17-13(19)4-2/h3-12H2,1-2H3,(H,16,20)(H,17,19)(H,18,21). The van der Waals surface area contributed by atoms with Crippen molar-refractivity contribution in [2.24, 2.45) is 0 Å². The van der Waals surface area contributed by atoms with Crippen molar-refractivity contribution in [2.45, 2.75) is 46.0 Å². The van der Waals surface area contributed by atoms with Crippen LogP contribution in [0.1, 0.15) is 46.0 Å². The summed E-state index contributed by atoms with van der Waals surface area (Å²) in [5.41, 5.74) is 0. The third-order valence-corrected chi connectivity index (χ3v) is 2.89. The highest BCUT2D eigenvalue weighted by atomic mass is 16.5. The van der Waals surface area contributed by atoms with Crippen molar-refractivity contribution in [3.05, 3.63) is 0 Å². The molecule has 0 radical (unpaired) electrons. The number of rotatable bonds is 13. The molecule has 0 heterocycles. The van der Waals surface area contributed by atoms with E-state index in [4.69, 9.17) is 4.74 Å². The normalized spacial score (nSPS) is 10.1. The van der Waals surface area contributed by atoms with Gasteiger partial charge in [-0.2, -0.15) is 0 Å². The van der Waals surface area contributed by atoms with Gasteiger partial charge in [-0.05, 0) is 6.42 Å². The lowest BCUT2D eigenvalue weighted by atomic mass is 10.2. The third kappa shape index (κ3) is 13.4. The lowest BCUT2D eigenvalue weighted by molar-refractivity contribution is -0.126. The molecule has 7 heteroatoms. The number of unbranched alkanes of at least 4 members (excludes halogenated alkanes) is 1. The molecule has 0 bridgehead atoms. The van der Waals surface area contributed by atoms with Crippen LogP contribution in [-0.2, 0) is 19.1 Å². The molecule has 0 unspecified atom stereocenters. The summed E-state index contributed by atoms with van der Waals surface area (Å²) >= 11 is 0. The van der Waals surface area contributed by atoms with Gasteiger partial charge in [0.25, 0.3) is 0 Å². The highest BCUT2D eigenvalue weighted by Crippen LogP contribution is 1.90. The Bertz CT molecular complexity index is 335. The number of carbonyl (C=O) groups excluding carboxylic acids is 3. The number of nitrogens with one attached hydrogen (secondary N) is 3. The summed E-state index contributed by atoms with van der Waals surface area (Å²) in [6, 6.07) is 0. The molecule has 0 saturated heterocycles. The third-order valence-electron chi connectivity index (χ3n) is 2.89. The van der Waals surface area contributed by atoms with Crippen LogP contribution in [0.2, 0.25) is 0 Å². The molecule has 0 aliphatic rings. The molecule has 0 aliphatic heterocycles. The van der Waals surface area contributed by atoms with Gasteiger partial charge in [-0.3, -0.25) is 14.4 Å². The zero-order valence-electron chi connectivity index (χ0n) is 13.7. The first-order chi connectivity index (χ1) is 10.6. The van der Waals surface area contributed by atoms with Crippen LogP contribution >= 0.6 is 0 Å². The van der Waals surface area contributed by atoms with Gasteiger partial charge in [0.05, 0.1) is 13.2 Å². The summed E-state index contributed by atoms with van der Waals surface area (Å²) in [6.45, 7) is 6.18. The van der Waals surface area contributed by atoms with E-state index in [-0.39, 0.29) is 30.6 Å². The molecule has 0 aliphatic carbocycles. The summed E-state index contributed by atoms with van der Waals surface area (Å²) < 4.78 is 5.26. The van der Waals surface area contributed by atoms with Crippen LogP contribution in [0, 0.1) is 0 Å². The van der Waals surface area contributed by atoms with Gasteiger partial charge >= 0.3 is 0 Å². The van der Waals surface area contributed by atoms with Crippen molar-refractivity contribution in [3.63, 3.8) is 0 Å². The van der Waals surface area contributed by atoms with Crippen LogP contribution in [-0.4, -0.2) is 50.6 Å². The van der Waals surface area contributed by atoms with Gasteiger partial charge in [0.1, 0.15) is 0 Å². The number of ether oxygens (including phenoxy) is 1. The van der Waals surface area contributed by atoms with Crippen LogP contribution in [0.5, 0.6) is 0 Å². The molecule has 3 N–H and O–H groups in total. The van der Waals surface area contributed by atoms with Gasteiger partial charge in [-0.25, -0.2) is 0 Å². The molecule has 0 aromatic rings. The molecule has 0 spiro atoms. The van der Waals surface area contributed by atoms with Gasteiger partial charge in [-0.15, -0.1) is 0 Å². The number of hydrogen-bond donors (Lipinski definition) is 3. The van der Waals surface area contributed by atoms with E-state index in [1.807, 2.05) is 0 Å². The summed E-state index contributed by atoms with van der Waals surface area (Å²) in [4.78, 5) is 33.8. The molecular formula is C15H29N3O4. The average molecular weight is 315 g/mol. The van der Waals surface area contributed by atoms with E-state index in [1.54, 1.807) is 6.92 Å². The maximum absolute atomic E-state index is 11.5. The van der Waals surface area contributed by atoms with Crippen molar-refractivity contribution < 1.29 is 19.1 Å². The second-order valence-electron chi connectivity index (χ2n) is 4.87. The average Bonchev–Trinajstić information content (AvgIpc) is 2.51. The molecule has 0 saturated carbocycles. The van der Waals surface area contributed by atoms with Crippen molar-refractivity contribution in [1.29, 1.82) is 0 Å². The molecule has 0 aromatic heterocycles. The van der Waals surface area contributed by atoms with Crippen molar-refractivity contribution >= 4 is 17.7 Å². The predicted molar refractivity (Wildman–Crippen MR) is 84.3 cm³/mol. The van der Waals surface area contributed by atoms with Crippen LogP contribution in [0.25, 0.3) is 0 Å². The molecule has 7 nitrogen and oxygen atoms in total. The molecule has 0 aromatic carbocycles. The Morgan fingerprint density at radius 3 is 1.77 bits per heavy atom. The molecule has 3 amide bonds. The molecule has 0 fully saturated rings. The molecular weight excluding hydrogens is 286 g/mol. The molecule has 22 heavy (non-hydrogen) atoms. The zero-order valence-corrected chi connectivity index (χ0v) is 13.7. The van der Waals surface area contributed by atoms with Gasteiger partial charge < -0.3 is 20.7 Å². The Morgan fingerprint density at radius 1 is 0.773 bits per heavy atom. The lowest BCUT2D eigenvalue weighted by Gasteiger charge is -2.07. The summed E-state index contributed by atoms with van der Waals surface area (Å²) in [5, 5.41) is 8.14. The first-order valence-corrected chi connectivity index (χ1v) is 7.98. The fourth-order valence-corrected chi connectivity index (χ4v) is 1.56. The first-order valence-electron chi connectivity index (χ1n) is 7.98. The summed E-state index contributed by atoms with van der Waals surface area (Å²) in [6.07, 6.45) is 2.84. The Labute approximate surface area is 132 Å². The Hall–Kier alpha value is -1.63. The minimum atomic E-state index is -0.159. The minimum Gasteiger partial charge on any atom is -0.378 e. The van der Waals surface area contributed by atoms with Crippen molar-refractivity contribution in [2.75, 3.05) is 32.8 Å². The van der Waals surface area contributed by atoms with E-state index in [0.717, 1.165) is 12.8 Å². The first kappa shape index (κ1) is 20.4. The van der Waals surface area contributed by atoms with Crippen LogP contribution in [0.15, 0.2) is 0 Å². The number of hydrogen-bond acceptors (Lipinski definition) is 4.